The van der Waals surface area contributed by atoms with Crippen molar-refractivity contribution in [2.24, 2.45) is 11.8 Å². The van der Waals surface area contributed by atoms with Crippen molar-refractivity contribution in [3.8, 4) is 11.5 Å². The van der Waals surface area contributed by atoms with Crippen LogP contribution >= 0.6 is 0 Å². The van der Waals surface area contributed by atoms with Crippen LogP contribution in [-0.4, -0.2) is 51.7 Å². The minimum atomic E-state index is -1.24. The quantitative estimate of drug-likeness (QED) is 0.141. The average molecular weight is 790 g/mol. The molecule has 1 spiro atoms. The number of aliphatic hydroxyl groups excluding tert-OH is 1. The molecule has 6 aromatic rings. The van der Waals surface area contributed by atoms with E-state index in [1.165, 1.54) is 0 Å². The van der Waals surface area contributed by atoms with Gasteiger partial charge in [0.1, 0.15) is 23.3 Å². The maximum atomic E-state index is 15.3. The number of aliphatic hydroxyl groups is 1. The number of aryl methyl sites for hydroxylation is 1. The zero-order chi connectivity index (χ0) is 40.9. The summed E-state index contributed by atoms with van der Waals surface area (Å²) in [6.07, 6.45) is 1.10. The van der Waals surface area contributed by atoms with Gasteiger partial charge in [0.25, 0.3) is 11.8 Å². The molecule has 4 heterocycles. The fraction of sp³-hybridized carbons (Fsp3) is 0.292. The van der Waals surface area contributed by atoms with E-state index in [2.05, 4.69) is 43.2 Å². The summed E-state index contributed by atoms with van der Waals surface area (Å²) in [4.78, 5) is 31.9. The Labute approximate surface area is 343 Å². The van der Waals surface area contributed by atoms with E-state index in [9.17, 15) is 9.90 Å². The predicted octanol–water partition coefficient (Wildman–Crippen LogP) is 7.89. The number of amides is 2. The molecule has 3 aliphatic rings. The molecule has 5 atom stereocenters. The van der Waals surface area contributed by atoms with Gasteiger partial charge in [0, 0.05) is 29.6 Å². The fourth-order valence-corrected chi connectivity index (χ4v) is 9.63. The Balaban J connectivity index is 1.03. The summed E-state index contributed by atoms with van der Waals surface area (Å²) in [6, 6.07) is 40.8. The molecular formula is C48H47N5O6. The molecule has 0 saturated carbocycles. The summed E-state index contributed by atoms with van der Waals surface area (Å²) >= 11 is 0. The smallest absolute Gasteiger partial charge is 0.269 e. The Kier molecular flexibility index (Phi) is 9.81. The van der Waals surface area contributed by atoms with Crippen LogP contribution < -0.4 is 19.3 Å². The van der Waals surface area contributed by atoms with Crippen molar-refractivity contribution in [2.45, 2.75) is 63.5 Å². The SMILES string of the molecule is COc1ccc(C(C)(C)[C@@H]2[C@@H](CCn3cc([C@H](O)c4ccccc4)nn3)O[C@]3(C(=O)N(Cc4ccc(N5C(=O)COc6ccccc65)cc4)c4ccccc43)[C@H]2C)cc1. The molecule has 1 N–H and O–H groups in total. The summed E-state index contributed by atoms with van der Waals surface area (Å²) in [7, 11) is 1.66. The molecule has 300 valence electrons. The van der Waals surface area contributed by atoms with Crippen molar-refractivity contribution in [2.75, 3.05) is 23.5 Å². The van der Waals surface area contributed by atoms with Gasteiger partial charge in [-0.2, -0.15) is 0 Å². The third kappa shape index (κ3) is 6.54. The first-order valence-electron chi connectivity index (χ1n) is 20.1. The molecule has 1 fully saturated rings. The van der Waals surface area contributed by atoms with Gasteiger partial charge in [-0.15, -0.1) is 5.10 Å². The molecule has 0 bridgehead atoms. The third-order valence-corrected chi connectivity index (χ3v) is 12.6. The first kappa shape index (κ1) is 38.2. The summed E-state index contributed by atoms with van der Waals surface area (Å²) in [6.45, 7) is 7.38. The van der Waals surface area contributed by atoms with E-state index in [1.807, 2.05) is 120 Å². The van der Waals surface area contributed by atoms with E-state index in [-0.39, 0.29) is 36.4 Å². The average Bonchev–Trinajstić information content (AvgIpc) is 3.93. The summed E-state index contributed by atoms with van der Waals surface area (Å²) in [5.74, 6) is 0.858. The monoisotopic (exact) mass is 789 g/mol. The first-order valence-corrected chi connectivity index (χ1v) is 20.1. The van der Waals surface area contributed by atoms with Gasteiger partial charge in [0.15, 0.2) is 12.2 Å². The molecule has 5 aromatic carbocycles. The number of aromatic nitrogens is 3. The highest BCUT2D eigenvalue weighted by Crippen LogP contribution is 2.60. The first-order chi connectivity index (χ1) is 28.6. The van der Waals surface area contributed by atoms with E-state index in [1.54, 1.807) is 22.9 Å². The van der Waals surface area contributed by atoms with Crippen molar-refractivity contribution < 1.29 is 28.9 Å². The predicted molar refractivity (Wildman–Crippen MR) is 224 cm³/mol. The minimum Gasteiger partial charge on any atom is -0.497 e. The Hall–Kier alpha value is -6.30. The molecule has 3 aliphatic heterocycles. The van der Waals surface area contributed by atoms with Crippen molar-refractivity contribution in [3.05, 3.63) is 162 Å². The van der Waals surface area contributed by atoms with Crippen molar-refractivity contribution in [3.63, 3.8) is 0 Å². The van der Waals surface area contributed by atoms with Crippen LogP contribution in [0.5, 0.6) is 11.5 Å². The Morgan fingerprint density at radius 2 is 1.58 bits per heavy atom. The second kappa shape index (κ2) is 15.1. The largest absolute Gasteiger partial charge is 0.497 e. The zero-order valence-electron chi connectivity index (χ0n) is 33.6. The van der Waals surface area contributed by atoms with Crippen molar-refractivity contribution >= 4 is 28.9 Å². The number of hydrogen-bond acceptors (Lipinski definition) is 8. The number of hydrogen-bond donors (Lipinski definition) is 1. The van der Waals surface area contributed by atoms with E-state index >= 15 is 4.79 Å². The van der Waals surface area contributed by atoms with Gasteiger partial charge in [-0.1, -0.05) is 111 Å². The molecule has 0 aliphatic carbocycles. The standard InChI is InChI=1S/C48H47N5O6/c1-31-44(47(2,3)34-20-24-36(57-4)25-21-34)42(26-27-51-29-38(49-50-51)45(55)33-12-6-5-7-13-33)59-48(31)37-14-8-9-15-39(37)52(46(48)56)28-32-18-22-35(23-19-32)53-40-16-10-11-17-41(40)58-30-43(53)54/h5-25,29,31,42,44-45,55H,26-28,30H2,1-4H3/t31-,42+,44-,45+,48+/m0/s1. The van der Waals surface area contributed by atoms with Crippen molar-refractivity contribution in [1.82, 2.24) is 15.0 Å². The number of benzene rings is 5. The Morgan fingerprint density at radius 3 is 2.32 bits per heavy atom. The highest BCUT2D eigenvalue weighted by molar-refractivity contribution is 6.07. The number of carbonyl (C=O) groups excluding carboxylic acids is 2. The number of rotatable bonds is 11. The lowest BCUT2D eigenvalue weighted by atomic mass is 9.63. The normalized spacial score (nSPS) is 21.7. The van der Waals surface area contributed by atoms with Crippen LogP contribution in [0.1, 0.15) is 61.2 Å². The highest BCUT2D eigenvalue weighted by atomic mass is 16.5. The lowest BCUT2D eigenvalue weighted by molar-refractivity contribution is -0.146. The number of carbonyl (C=O) groups is 2. The van der Waals surface area contributed by atoms with Gasteiger partial charge in [-0.05, 0) is 71.0 Å². The maximum absolute atomic E-state index is 15.3. The number of fused-ring (bicyclic) bond motifs is 3. The summed E-state index contributed by atoms with van der Waals surface area (Å²) in [5.41, 5.74) is 4.69. The molecular weight excluding hydrogens is 743 g/mol. The van der Waals surface area contributed by atoms with E-state index < -0.39 is 17.1 Å². The van der Waals surface area contributed by atoms with E-state index in [0.29, 0.717) is 36.6 Å². The number of nitrogens with zero attached hydrogens (tertiary/aromatic N) is 5. The molecule has 2 amide bonds. The van der Waals surface area contributed by atoms with Gasteiger partial charge in [-0.25, -0.2) is 0 Å². The molecule has 1 saturated heterocycles. The topological polar surface area (TPSA) is 119 Å². The van der Waals surface area contributed by atoms with Crippen LogP contribution in [-0.2, 0) is 38.4 Å². The van der Waals surface area contributed by atoms with Crippen LogP contribution in [0.3, 0.4) is 0 Å². The Bertz CT molecular complexity index is 2490. The molecule has 9 rings (SSSR count). The number of methoxy groups -OCH3 is 1. The van der Waals surface area contributed by atoms with Crippen LogP contribution in [0.15, 0.2) is 134 Å². The van der Waals surface area contributed by atoms with Crippen LogP contribution in [0.25, 0.3) is 0 Å². The van der Waals surface area contributed by atoms with Gasteiger partial charge in [-0.3, -0.25) is 19.2 Å². The van der Waals surface area contributed by atoms with Gasteiger partial charge in [0.2, 0.25) is 0 Å². The number of para-hydroxylation sites is 3. The Morgan fingerprint density at radius 1 is 0.881 bits per heavy atom. The van der Waals surface area contributed by atoms with Gasteiger partial charge >= 0.3 is 0 Å². The second-order valence-corrected chi connectivity index (χ2v) is 16.2. The van der Waals surface area contributed by atoms with Gasteiger partial charge < -0.3 is 24.2 Å². The number of ether oxygens (including phenoxy) is 3. The lowest BCUT2D eigenvalue weighted by Crippen LogP contribution is -2.45. The summed E-state index contributed by atoms with van der Waals surface area (Å²) < 4.78 is 20.2. The van der Waals surface area contributed by atoms with Crippen LogP contribution in [0.4, 0.5) is 17.1 Å². The van der Waals surface area contributed by atoms with Crippen LogP contribution in [0, 0.1) is 11.8 Å². The highest BCUT2D eigenvalue weighted by Gasteiger charge is 2.65. The fourth-order valence-electron chi connectivity index (χ4n) is 9.63. The van der Waals surface area contributed by atoms with Gasteiger partial charge in [0.05, 0.1) is 37.3 Å². The second-order valence-electron chi connectivity index (χ2n) is 16.2. The minimum absolute atomic E-state index is 0.0351. The van der Waals surface area contributed by atoms with Crippen molar-refractivity contribution in [1.29, 1.82) is 0 Å². The third-order valence-electron chi connectivity index (χ3n) is 12.6. The molecule has 1 aromatic heterocycles. The van der Waals surface area contributed by atoms with E-state index in [4.69, 9.17) is 14.2 Å². The number of anilines is 3. The van der Waals surface area contributed by atoms with Crippen LogP contribution in [0.2, 0.25) is 0 Å². The molecule has 11 heteroatoms. The van der Waals surface area contributed by atoms with E-state index in [0.717, 1.165) is 39.4 Å². The molecule has 0 unspecified atom stereocenters. The lowest BCUT2D eigenvalue weighted by Gasteiger charge is -2.38. The maximum Gasteiger partial charge on any atom is 0.269 e. The molecule has 0 radical (unpaired) electrons. The molecule has 11 nitrogen and oxygen atoms in total. The molecule has 59 heavy (non-hydrogen) atoms. The zero-order valence-corrected chi connectivity index (χ0v) is 33.6. The summed E-state index contributed by atoms with van der Waals surface area (Å²) in [5, 5.41) is 19.7.